The van der Waals surface area contributed by atoms with Gasteiger partial charge >= 0.3 is 13.5 Å². The molecule has 0 aliphatic carbocycles. The summed E-state index contributed by atoms with van der Waals surface area (Å²) in [5, 5.41) is 9.59. The van der Waals surface area contributed by atoms with E-state index in [0.717, 1.165) is 23.8 Å². The average molecular weight is 589 g/mol. The molecule has 1 aliphatic heterocycles. The fourth-order valence-corrected chi connectivity index (χ4v) is 6.17. The molecule has 0 saturated carbocycles. The van der Waals surface area contributed by atoms with E-state index < -0.39 is 44.1 Å². The van der Waals surface area contributed by atoms with Crippen LogP contribution in [0.2, 0.25) is 0 Å². The van der Waals surface area contributed by atoms with Crippen molar-refractivity contribution in [2.24, 2.45) is 0 Å². The Morgan fingerprint density at radius 1 is 0.900 bits per heavy atom. The van der Waals surface area contributed by atoms with Gasteiger partial charge in [-0.15, -0.1) is 0 Å². The molecule has 40 heavy (non-hydrogen) atoms. The van der Waals surface area contributed by atoms with Crippen molar-refractivity contribution in [3.63, 3.8) is 0 Å². The number of phosphoric ester groups is 1. The Labute approximate surface area is 239 Å². The van der Waals surface area contributed by atoms with Gasteiger partial charge in [0.15, 0.2) is 0 Å². The lowest BCUT2D eigenvalue weighted by Crippen LogP contribution is -2.31. The van der Waals surface area contributed by atoms with Crippen LogP contribution in [0.25, 0.3) is 0 Å². The summed E-state index contributed by atoms with van der Waals surface area (Å²) in [6.07, 6.45) is 21.4. The van der Waals surface area contributed by atoms with Crippen LogP contribution in [0.4, 0.5) is 0 Å². The summed E-state index contributed by atoms with van der Waals surface area (Å²) in [5.74, 6) is 0. The number of H-pyrrole nitrogens is 1. The number of phosphoric acid groups is 1. The minimum absolute atomic E-state index is 0.0459. The van der Waals surface area contributed by atoms with Crippen molar-refractivity contribution in [3.8, 4) is 0 Å². The molecule has 4 unspecified atom stereocenters. The molecule has 1 saturated heterocycles. The Balaban J connectivity index is 1.46. The van der Waals surface area contributed by atoms with Crippen LogP contribution in [0.3, 0.4) is 0 Å². The van der Waals surface area contributed by atoms with Crippen molar-refractivity contribution < 1.29 is 28.3 Å². The van der Waals surface area contributed by atoms with Crippen molar-refractivity contribution in [3.05, 3.63) is 33.1 Å². The van der Waals surface area contributed by atoms with Crippen LogP contribution in [0.5, 0.6) is 0 Å². The lowest BCUT2D eigenvalue weighted by atomic mass is 10.0. The molecule has 1 fully saturated rings. The number of aromatic amines is 1. The smallest absolute Gasteiger partial charge is 0.394 e. The van der Waals surface area contributed by atoms with Gasteiger partial charge in [0.05, 0.1) is 13.2 Å². The Morgan fingerprint density at radius 2 is 1.40 bits per heavy atom. The van der Waals surface area contributed by atoms with Gasteiger partial charge in [-0.1, -0.05) is 116 Å². The highest BCUT2D eigenvalue weighted by molar-refractivity contribution is 7.47. The fourth-order valence-electron chi connectivity index (χ4n) is 5.19. The minimum Gasteiger partial charge on any atom is -0.394 e. The third-order valence-corrected chi connectivity index (χ3v) is 8.59. The third-order valence-electron chi connectivity index (χ3n) is 7.54. The SMILES string of the molecule is CCCCCCCCCCCCCCCCCCCCOP(=O)(O)OC1CC(n2ccc(=O)[nH]c2=O)OC1CO. The third kappa shape index (κ3) is 14.6. The molecule has 3 N–H and O–H groups in total. The molecule has 1 aromatic heterocycles. The van der Waals surface area contributed by atoms with Crippen molar-refractivity contribution >= 4 is 7.82 Å². The molecule has 1 aliphatic rings. The van der Waals surface area contributed by atoms with E-state index in [1.54, 1.807) is 0 Å². The Kier molecular flexibility index (Phi) is 17.9. The topological polar surface area (TPSA) is 140 Å². The number of ether oxygens (including phenoxy) is 1. The second kappa shape index (κ2) is 20.6. The monoisotopic (exact) mass is 588 g/mol. The predicted octanol–water partition coefficient (Wildman–Crippen LogP) is 6.36. The van der Waals surface area contributed by atoms with Crippen molar-refractivity contribution in [1.82, 2.24) is 9.55 Å². The lowest BCUT2D eigenvalue weighted by Gasteiger charge is -2.19. The average Bonchev–Trinajstić information content (AvgIpc) is 3.31. The molecule has 2 rings (SSSR count). The maximum Gasteiger partial charge on any atom is 0.472 e. The number of rotatable bonds is 24. The first-order chi connectivity index (χ1) is 19.4. The summed E-state index contributed by atoms with van der Waals surface area (Å²) in [6, 6.07) is 1.17. The zero-order chi connectivity index (χ0) is 29.1. The molecule has 10 nitrogen and oxygen atoms in total. The molecule has 0 radical (unpaired) electrons. The standard InChI is InChI=1S/C29H53N2O8P/c1-2-3-4-5-6-7-8-9-10-11-12-13-14-15-16-17-18-19-22-37-40(35,36)39-25-23-28(38-26(25)24-32)31-21-20-27(33)30-29(31)34/h20-21,25-26,28,32H,2-19,22-24H2,1H3,(H,35,36)(H,30,33,34). The molecule has 2 heterocycles. The number of aliphatic hydroxyl groups excluding tert-OH is 1. The molecule has 0 amide bonds. The van der Waals surface area contributed by atoms with E-state index in [0.29, 0.717) is 6.42 Å². The number of hydrogen-bond donors (Lipinski definition) is 3. The zero-order valence-electron chi connectivity index (χ0n) is 24.5. The summed E-state index contributed by atoms with van der Waals surface area (Å²) in [5.41, 5.74) is -1.22. The molecular weight excluding hydrogens is 535 g/mol. The second-order valence-corrected chi connectivity index (χ2v) is 12.4. The predicted molar refractivity (Wildman–Crippen MR) is 156 cm³/mol. The number of nitrogens with one attached hydrogen (secondary N) is 1. The molecule has 11 heteroatoms. The maximum absolute atomic E-state index is 12.4. The van der Waals surface area contributed by atoms with Gasteiger partial charge in [0.1, 0.15) is 18.4 Å². The van der Waals surface area contributed by atoms with Crippen LogP contribution in [-0.4, -0.2) is 45.0 Å². The summed E-state index contributed by atoms with van der Waals surface area (Å²) in [4.78, 5) is 35.5. The van der Waals surface area contributed by atoms with Crippen LogP contribution in [0.1, 0.15) is 135 Å². The van der Waals surface area contributed by atoms with Gasteiger partial charge in [-0.05, 0) is 6.42 Å². The van der Waals surface area contributed by atoms with Gasteiger partial charge in [-0.25, -0.2) is 9.36 Å². The van der Waals surface area contributed by atoms with Gasteiger partial charge in [-0.2, -0.15) is 0 Å². The minimum atomic E-state index is -4.36. The number of unbranched alkanes of at least 4 members (excludes halogenated alkanes) is 17. The van der Waals surface area contributed by atoms with Crippen molar-refractivity contribution in [1.29, 1.82) is 0 Å². The highest BCUT2D eigenvalue weighted by Crippen LogP contribution is 2.48. The zero-order valence-corrected chi connectivity index (χ0v) is 25.4. The highest BCUT2D eigenvalue weighted by Gasteiger charge is 2.41. The van der Waals surface area contributed by atoms with Crippen molar-refractivity contribution in [2.45, 2.75) is 147 Å². The van der Waals surface area contributed by atoms with E-state index in [1.807, 2.05) is 0 Å². The first-order valence-electron chi connectivity index (χ1n) is 15.6. The number of nitrogens with zero attached hydrogens (tertiary/aromatic N) is 1. The lowest BCUT2D eigenvalue weighted by molar-refractivity contribution is -0.0464. The van der Waals surface area contributed by atoms with Gasteiger partial charge in [0, 0.05) is 18.7 Å². The summed E-state index contributed by atoms with van der Waals surface area (Å²) < 4.78 is 29.6. The van der Waals surface area contributed by atoms with E-state index in [-0.39, 0.29) is 13.0 Å². The quantitative estimate of drug-likeness (QED) is 0.0936. The first kappa shape index (κ1) is 34.9. The van der Waals surface area contributed by atoms with Gasteiger partial charge in [-0.3, -0.25) is 23.4 Å². The number of hydrogen-bond acceptors (Lipinski definition) is 7. The van der Waals surface area contributed by atoms with Gasteiger partial charge in [0.25, 0.3) is 5.56 Å². The number of aromatic nitrogens is 2. The van der Waals surface area contributed by atoms with E-state index in [1.165, 1.54) is 102 Å². The summed E-state index contributed by atoms with van der Waals surface area (Å²) in [7, 11) is -4.36. The normalized spacial score (nSPS) is 20.6. The molecule has 0 spiro atoms. The Morgan fingerprint density at radius 3 is 1.88 bits per heavy atom. The fraction of sp³-hybridized carbons (Fsp3) is 0.862. The van der Waals surface area contributed by atoms with Crippen LogP contribution in [0, 0.1) is 0 Å². The van der Waals surface area contributed by atoms with E-state index in [2.05, 4.69) is 11.9 Å². The van der Waals surface area contributed by atoms with Crippen LogP contribution < -0.4 is 11.2 Å². The summed E-state index contributed by atoms with van der Waals surface area (Å²) >= 11 is 0. The molecule has 1 aromatic rings. The molecule has 0 bridgehead atoms. The van der Waals surface area contributed by atoms with Crippen LogP contribution >= 0.6 is 7.82 Å². The molecule has 232 valence electrons. The summed E-state index contributed by atoms with van der Waals surface area (Å²) in [6.45, 7) is 1.91. The molecular formula is C29H53N2O8P. The maximum atomic E-state index is 12.4. The van der Waals surface area contributed by atoms with E-state index >= 15 is 0 Å². The largest absolute Gasteiger partial charge is 0.472 e. The highest BCUT2D eigenvalue weighted by atomic mass is 31.2. The Hall–Kier alpha value is -1.29. The van der Waals surface area contributed by atoms with Crippen molar-refractivity contribution in [2.75, 3.05) is 13.2 Å². The molecule has 0 aromatic carbocycles. The second-order valence-electron chi connectivity index (χ2n) is 11.0. The van der Waals surface area contributed by atoms with E-state index in [9.17, 15) is 24.2 Å². The van der Waals surface area contributed by atoms with E-state index in [4.69, 9.17) is 13.8 Å². The molecule has 4 atom stereocenters. The Bertz CT molecular complexity index is 952. The van der Waals surface area contributed by atoms with Crippen LogP contribution in [-0.2, 0) is 18.3 Å². The first-order valence-corrected chi connectivity index (χ1v) is 17.1. The van der Waals surface area contributed by atoms with Gasteiger partial charge in [0.2, 0.25) is 0 Å². The van der Waals surface area contributed by atoms with Gasteiger partial charge < -0.3 is 14.7 Å². The number of aliphatic hydroxyl groups is 1. The van der Waals surface area contributed by atoms with Crippen LogP contribution in [0.15, 0.2) is 21.9 Å².